The van der Waals surface area contributed by atoms with Crippen molar-refractivity contribution in [2.75, 3.05) is 94.3 Å². The molecule has 0 aromatic carbocycles. The van der Waals surface area contributed by atoms with E-state index in [0.29, 0.717) is 44.9 Å². The molecule has 4 saturated carbocycles. The highest BCUT2D eigenvalue weighted by Crippen LogP contribution is 2.45. The van der Waals surface area contributed by atoms with Crippen LogP contribution >= 0.6 is 11.6 Å². The average Bonchev–Trinajstić information content (AvgIpc) is 1.49. The van der Waals surface area contributed by atoms with Gasteiger partial charge in [-0.3, -0.25) is 57.5 Å². The Hall–Kier alpha value is -6.53. The molecule has 4 saturated heterocycles. The van der Waals surface area contributed by atoms with Crippen molar-refractivity contribution >= 4 is 82.5 Å². The predicted molar refractivity (Wildman–Crippen MR) is 388 cm³/mol. The Morgan fingerprint density at radius 2 is 1.26 bits per heavy atom. The molecule has 8 rings (SSSR count). The lowest BCUT2D eigenvalue weighted by Gasteiger charge is -2.45. The number of alkyl halides is 7. The lowest BCUT2D eigenvalue weighted by atomic mass is 9.78. The number of carbonyl (C=O) groups is 12. The topological polar surface area (TPSA) is 279 Å². The van der Waals surface area contributed by atoms with E-state index in [1.165, 1.54) is 69.5 Å². The Labute approximate surface area is 637 Å². The Morgan fingerprint density at radius 1 is 0.630 bits per heavy atom. The third-order valence-corrected chi connectivity index (χ3v) is 25.3. The third kappa shape index (κ3) is 21.0. The molecule has 13 atom stereocenters. The van der Waals surface area contributed by atoms with Crippen LogP contribution in [-0.4, -0.2) is 281 Å². The summed E-state index contributed by atoms with van der Waals surface area (Å²) in [6, 6.07) is -10.4. The molecule has 32 heteroatoms. The molecule has 8 aliphatic rings. The summed E-state index contributed by atoms with van der Waals surface area (Å²) in [4.78, 5) is 194. The van der Waals surface area contributed by atoms with Gasteiger partial charge in [0, 0.05) is 73.3 Å². The molecule has 12 amide bonds. The van der Waals surface area contributed by atoms with E-state index in [0.717, 1.165) is 9.80 Å². The molecule has 610 valence electrons. The van der Waals surface area contributed by atoms with Gasteiger partial charge in [0.15, 0.2) is 0 Å². The van der Waals surface area contributed by atoms with Gasteiger partial charge in [-0.2, -0.15) is 26.3 Å². The van der Waals surface area contributed by atoms with Gasteiger partial charge in [0.2, 0.25) is 70.9 Å². The smallest absolute Gasteiger partial charge is 0.378 e. The van der Waals surface area contributed by atoms with E-state index in [1.807, 2.05) is 20.8 Å². The quantitative estimate of drug-likeness (QED) is 0.125. The lowest BCUT2D eigenvalue weighted by Crippen LogP contribution is -2.65. The van der Waals surface area contributed by atoms with Gasteiger partial charge in [-0.25, -0.2) is 0 Å². The minimum Gasteiger partial charge on any atom is -0.378 e. The summed E-state index contributed by atoms with van der Waals surface area (Å²) in [7, 11) is 6.98. The van der Waals surface area contributed by atoms with Crippen molar-refractivity contribution < 1.29 is 88.6 Å². The number of rotatable bonds is 13. The Balaban J connectivity index is 1.19. The molecule has 1 spiro atoms. The molecule has 8 fully saturated rings. The van der Waals surface area contributed by atoms with Crippen LogP contribution in [0.2, 0.25) is 0 Å². The van der Waals surface area contributed by atoms with Crippen molar-refractivity contribution in [2.24, 2.45) is 47.3 Å². The second-order valence-electron chi connectivity index (χ2n) is 33.0. The zero-order chi connectivity index (χ0) is 79.6. The summed E-state index contributed by atoms with van der Waals surface area (Å²) >= 11 is 6.43. The standard InChI is InChI=1S/C76H119ClF6N12O13/c1-12-31-94-59(40-49-20-24-51(25-21-49)75(78,79)80)68(102)87(7)43-60(96)84-54(27-23-48-22-26-52(53(77)39-48)76(81,82)83)67(101)95-42-46(5)38-57(95)66(100)86-74(29-16-17-30-74)73(107)91(11)64(50-18-14-15-19-50)72(106)90(10)58(69(103)92-33-35-108-36-34-92)41-61(97)89(9)56(37-45(3)4)65(99)85-63(47(6)13-2)71(105)88(8)44-62(98)93-32-28-55(93)70(94)104/h45-59,63-64H,12-44H2,1-11H3,(H,84,96)(H,85,99)(H,86,100)/t46-,47-,48?,49?,51?,52?,53?,54-,55-,56-,57-,58-,59-,63-,64-/m0/s1. The second-order valence-corrected chi connectivity index (χ2v) is 33.6. The van der Waals surface area contributed by atoms with Crippen LogP contribution in [0.1, 0.15) is 196 Å². The van der Waals surface area contributed by atoms with E-state index in [9.17, 15) is 45.5 Å². The van der Waals surface area contributed by atoms with Crippen LogP contribution in [0.4, 0.5) is 26.3 Å². The molecule has 0 radical (unpaired) electrons. The first-order chi connectivity index (χ1) is 50.8. The summed E-state index contributed by atoms with van der Waals surface area (Å²) in [6.45, 7) is 10.1. The first-order valence-electron chi connectivity index (χ1n) is 39.6. The normalized spacial score (nSPS) is 31.8. The zero-order valence-electron chi connectivity index (χ0n) is 65.1. The van der Waals surface area contributed by atoms with Crippen molar-refractivity contribution in [3.05, 3.63) is 0 Å². The molecule has 3 unspecified atom stereocenters. The molecule has 0 aromatic rings. The maximum Gasteiger partial charge on any atom is 0.393 e. The zero-order valence-corrected chi connectivity index (χ0v) is 65.9. The van der Waals surface area contributed by atoms with E-state index in [4.69, 9.17) is 16.3 Å². The van der Waals surface area contributed by atoms with Gasteiger partial charge < -0.3 is 64.8 Å². The predicted octanol–water partition coefficient (Wildman–Crippen LogP) is 6.90. The fourth-order valence-corrected chi connectivity index (χ4v) is 18.5. The number of ether oxygens (including phenoxy) is 1. The van der Waals surface area contributed by atoms with Crippen molar-refractivity contribution in [2.45, 2.75) is 267 Å². The van der Waals surface area contributed by atoms with E-state index < -0.39 is 198 Å². The van der Waals surface area contributed by atoms with Crippen LogP contribution < -0.4 is 16.0 Å². The summed E-state index contributed by atoms with van der Waals surface area (Å²) in [6.07, 6.45) is -5.77. The van der Waals surface area contributed by atoms with Crippen LogP contribution in [-0.2, 0) is 62.3 Å². The van der Waals surface area contributed by atoms with Crippen molar-refractivity contribution in [3.63, 3.8) is 0 Å². The number of hydrogen-bond acceptors (Lipinski definition) is 13. The number of halogens is 7. The molecule has 108 heavy (non-hydrogen) atoms. The third-order valence-electron chi connectivity index (χ3n) is 24.8. The van der Waals surface area contributed by atoms with E-state index >= 15 is 38.4 Å². The minimum absolute atomic E-state index is 0.00677. The molecule has 0 aromatic heterocycles. The van der Waals surface area contributed by atoms with Gasteiger partial charge in [0.1, 0.15) is 53.9 Å². The number of carbonyl (C=O) groups excluding carboxylic acids is 12. The number of hydrogen-bond donors (Lipinski definition) is 3. The summed E-state index contributed by atoms with van der Waals surface area (Å²) < 4.78 is 90.3. The molecule has 4 aliphatic carbocycles. The number of amides is 12. The highest BCUT2D eigenvalue weighted by atomic mass is 35.5. The number of morpholine rings is 1. The molecular formula is C76H119ClF6N12O13. The molecule has 25 nitrogen and oxygen atoms in total. The van der Waals surface area contributed by atoms with Gasteiger partial charge in [0.25, 0.3) is 0 Å². The Bertz CT molecular complexity index is 3200. The summed E-state index contributed by atoms with van der Waals surface area (Å²) in [5.74, 6) is -14.1. The van der Waals surface area contributed by atoms with Gasteiger partial charge in [-0.15, -0.1) is 11.6 Å². The minimum atomic E-state index is -4.56. The number of fused-ring (bicyclic) bond motifs is 2. The van der Waals surface area contributed by atoms with Crippen LogP contribution in [0.3, 0.4) is 0 Å². The van der Waals surface area contributed by atoms with Crippen molar-refractivity contribution in [1.29, 1.82) is 0 Å². The fraction of sp³-hybridized carbons (Fsp3) is 0.842. The number of nitrogens with zero attached hydrogens (tertiary/aromatic N) is 9. The highest BCUT2D eigenvalue weighted by Gasteiger charge is 2.54. The van der Waals surface area contributed by atoms with Gasteiger partial charge >= 0.3 is 12.4 Å². The van der Waals surface area contributed by atoms with Crippen LogP contribution in [0.25, 0.3) is 0 Å². The van der Waals surface area contributed by atoms with Crippen LogP contribution in [0.5, 0.6) is 0 Å². The van der Waals surface area contributed by atoms with E-state index in [-0.39, 0.29) is 161 Å². The first kappa shape index (κ1) is 87.1. The van der Waals surface area contributed by atoms with E-state index in [1.54, 1.807) is 20.8 Å². The lowest BCUT2D eigenvalue weighted by molar-refractivity contribution is -0.184. The highest BCUT2D eigenvalue weighted by molar-refractivity contribution is 6.21. The SMILES string of the molecule is CCCN1C(=O)[C@@H]2CCN2C(=O)CN(C)C(=O)[C@H]([C@@H](C)CC)NC(=O)[C@H](CC(C)C)N(C)C(=O)C[C@@H](C(=O)N2CCOCC2)N(C)C(=O)[C@H](C2CCCC2)N(C)C(=O)C2(CCCC2)NC(=O)[C@@H]2C[C@H](C)CN2C(=O)[C@H](CCC2CCC(C(F)(F)F)C(Cl)C2)NC(=O)CN(C)C(=O)[C@@H]1CC1CCC(C(F)(F)F)CC1. The second kappa shape index (κ2) is 37.7. The molecule has 4 heterocycles. The maximum atomic E-state index is 15.8. The van der Waals surface area contributed by atoms with Gasteiger partial charge in [-0.05, 0) is 151 Å². The monoisotopic (exact) mass is 1560 g/mol. The van der Waals surface area contributed by atoms with Crippen molar-refractivity contribution in [1.82, 2.24) is 60.0 Å². The first-order valence-corrected chi connectivity index (χ1v) is 40.0. The maximum absolute atomic E-state index is 15.8. The summed E-state index contributed by atoms with van der Waals surface area (Å²) in [5, 5.41) is 7.49. The Morgan fingerprint density at radius 3 is 1.83 bits per heavy atom. The largest absolute Gasteiger partial charge is 0.393 e. The molecule has 3 N–H and O–H groups in total. The van der Waals surface area contributed by atoms with Gasteiger partial charge in [-0.1, -0.05) is 73.6 Å². The van der Waals surface area contributed by atoms with Gasteiger partial charge in [0.05, 0.1) is 44.6 Å². The fourth-order valence-electron chi connectivity index (χ4n) is 18.0. The molecule has 0 bridgehead atoms. The van der Waals surface area contributed by atoms with E-state index in [2.05, 4.69) is 16.0 Å². The number of nitrogens with one attached hydrogen (secondary N) is 3. The van der Waals surface area contributed by atoms with Crippen LogP contribution in [0, 0.1) is 47.3 Å². The van der Waals surface area contributed by atoms with Crippen LogP contribution in [0.15, 0.2) is 0 Å². The molecule has 4 aliphatic heterocycles. The summed E-state index contributed by atoms with van der Waals surface area (Å²) in [5.41, 5.74) is -1.62. The molecular weight excluding hydrogens is 1440 g/mol. The number of likely N-dealkylation sites (N-methyl/N-ethyl adjacent to an activating group) is 5. The average molecular weight is 1560 g/mol. The Kier molecular flexibility index (Phi) is 30.4. The van der Waals surface area contributed by atoms with Crippen molar-refractivity contribution in [3.8, 4) is 0 Å².